The molecular weight excluding hydrogens is 158 g/mol. The minimum atomic E-state index is 0.206. The lowest BCUT2D eigenvalue weighted by atomic mass is 10.5. The van der Waals surface area contributed by atoms with Gasteiger partial charge in [-0.3, -0.25) is 4.79 Å². The van der Waals surface area contributed by atoms with Crippen molar-refractivity contribution in [2.75, 3.05) is 5.73 Å². The maximum atomic E-state index is 10.3. The fraction of sp³-hybridized carbons (Fsp3) is 0. The number of carbonyl (C=O) groups is 1. The summed E-state index contributed by atoms with van der Waals surface area (Å²) in [6.45, 7) is 0. The summed E-state index contributed by atoms with van der Waals surface area (Å²) in [6, 6.07) is 0. The number of nitrogens with two attached hydrogens (primary N) is 1. The molecule has 0 radical (unpaired) electrons. The van der Waals surface area contributed by atoms with Gasteiger partial charge in [0.1, 0.15) is 11.8 Å². The lowest BCUT2D eigenvalue weighted by molar-refractivity contribution is 0.111. The van der Waals surface area contributed by atoms with Gasteiger partial charge in [0.25, 0.3) is 0 Å². The highest BCUT2D eigenvalue weighted by Crippen LogP contribution is 2.11. The molecular formula is C6H5N5O. The van der Waals surface area contributed by atoms with E-state index in [0.29, 0.717) is 23.3 Å². The molecule has 0 aliphatic rings. The minimum Gasteiger partial charge on any atom is -0.382 e. The van der Waals surface area contributed by atoms with Crippen molar-refractivity contribution in [2.24, 2.45) is 0 Å². The van der Waals surface area contributed by atoms with Crippen LogP contribution < -0.4 is 5.73 Å². The molecule has 0 bridgehead atoms. The van der Waals surface area contributed by atoms with Gasteiger partial charge in [-0.2, -0.15) is 0 Å². The summed E-state index contributed by atoms with van der Waals surface area (Å²) in [5.74, 6) is 0.498. The summed E-state index contributed by atoms with van der Waals surface area (Å²) in [5, 5.41) is 0. The van der Waals surface area contributed by atoms with E-state index in [9.17, 15) is 4.79 Å². The number of carbonyl (C=O) groups excluding carboxylic acids is 1. The highest BCUT2D eigenvalue weighted by molar-refractivity contribution is 5.85. The van der Waals surface area contributed by atoms with Crippen LogP contribution in [0, 0.1) is 0 Å². The number of aromatic amines is 1. The molecule has 6 heteroatoms. The molecule has 60 valence electrons. The van der Waals surface area contributed by atoms with E-state index in [1.54, 1.807) is 0 Å². The van der Waals surface area contributed by atoms with E-state index in [4.69, 9.17) is 5.73 Å². The number of rotatable bonds is 1. The third-order valence-electron chi connectivity index (χ3n) is 1.45. The number of hydrogen-bond acceptors (Lipinski definition) is 5. The molecule has 2 aromatic heterocycles. The van der Waals surface area contributed by atoms with Crippen LogP contribution in [-0.2, 0) is 0 Å². The summed E-state index contributed by atoms with van der Waals surface area (Å²) < 4.78 is 0. The number of anilines is 1. The number of nitrogens with one attached hydrogen (secondary N) is 1. The van der Waals surface area contributed by atoms with E-state index in [1.807, 2.05) is 0 Å². The quantitative estimate of drug-likeness (QED) is 0.565. The van der Waals surface area contributed by atoms with Crippen LogP contribution in [0.2, 0.25) is 0 Å². The van der Waals surface area contributed by atoms with E-state index in [0.717, 1.165) is 0 Å². The van der Waals surface area contributed by atoms with E-state index in [2.05, 4.69) is 19.9 Å². The van der Waals surface area contributed by atoms with Crippen LogP contribution in [0.25, 0.3) is 11.2 Å². The third kappa shape index (κ3) is 0.815. The van der Waals surface area contributed by atoms with Gasteiger partial charge in [-0.1, -0.05) is 0 Å². The first-order valence-electron chi connectivity index (χ1n) is 3.22. The highest BCUT2D eigenvalue weighted by atomic mass is 16.1. The van der Waals surface area contributed by atoms with Crippen LogP contribution in [0.3, 0.4) is 0 Å². The van der Waals surface area contributed by atoms with Gasteiger partial charge in [0.2, 0.25) is 0 Å². The Kier molecular flexibility index (Phi) is 1.26. The Bertz CT molecular complexity index is 434. The van der Waals surface area contributed by atoms with Gasteiger partial charge in [0.05, 0.1) is 0 Å². The van der Waals surface area contributed by atoms with E-state index < -0.39 is 0 Å². The molecule has 0 atom stereocenters. The molecule has 6 nitrogen and oxygen atoms in total. The molecule has 3 N–H and O–H groups in total. The molecule has 0 spiro atoms. The van der Waals surface area contributed by atoms with Crippen molar-refractivity contribution in [3.8, 4) is 0 Å². The van der Waals surface area contributed by atoms with Gasteiger partial charge in [0, 0.05) is 0 Å². The number of aldehydes is 1. The summed E-state index contributed by atoms with van der Waals surface area (Å²) in [5.41, 5.74) is 6.39. The fourth-order valence-corrected chi connectivity index (χ4v) is 0.920. The molecule has 0 saturated carbocycles. The van der Waals surface area contributed by atoms with Crippen LogP contribution in [0.5, 0.6) is 0 Å². The van der Waals surface area contributed by atoms with E-state index in [1.165, 1.54) is 6.33 Å². The molecule has 0 saturated heterocycles. The van der Waals surface area contributed by atoms with Gasteiger partial charge in [-0.05, 0) is 0 Å². The second kappa shape index (κ2) is 2.26. The number of aromatic nitrogens is 4. The average Bonchev–Trinajstić information content (AvgIpc) is 2.49. The van der Waals surface area contributed by atoms with Crippen molar-refractivity contribution in [3.05, 3.63) is 12.2 Å². The van der Waals surface area contributed by atoms with Crippen LogP contribution in [0.4, 0.5) is 5.82 Å². The van der Waals surface area contributed by atoms with Crippen molar-refractivity contribution >= 4 is 23.3 Å². The fourth-order valence-electron chi connectivity index (χ4n) is 0.920. The largest absolute Gasteiger partial charge is 0.382 e. The van der Waals surface area contributed by atoms with E-state index >= 15 is 0 Å². The van der Waals surface area contributed by atoms with Gasteiger partial charge >= 0.3 is 0 Å². The SMILES string of the molecule is Nc1ncnc2nc(C=O)[nH]c12. The van der Waals surface area contributed by atoms with Crippen LogP contribution in [-0.4, -0.2) is 26.2 Å². The average molecular weight is 163 g/mol. The van der Waals surface area contributed by atoms with Gasteiger partial charge in [-0.15, -0.1) is 0 Å². The Labute approximate surface area is 66.8 Å². The molecule has 0 amide bonds. The lowest BCUT2D eigenvalue weighted by Crippen LogP contribution is -1.91. The Morgan fingerprint density at radius 2 is 2.33 bits per heavy atom. The summed E-state index contributed by atoms with van der Waals surface area (Å²) in [4.78, 5) is 24.4. The zero-order valence-corrected chi connectivity index (χ0v) is 5.98. The van der Waals surface area contributed by atoms with Gasteiger partial charge in [0.15, 0.2) is 23.6 Å². The first-order valence-corrected chi connectivity index (χ1v) is 3.22. The molecule has 2 aromatic rings. The number of imidazole rings is 1. The molecule has 0 unspecified atom stereocenters. The predicted octanol–water partition coefficient (Wildman–Crippen LogP) is -0.252. The van der Waals surface area contributed by atoms with Crippen LogP contribution in [0.15, 0.2) is 6.33 Å². The minimum absolute atomic E-state index is 0.206. The molecule has 2 rings (SSSR count). The number of fused-ring (bicyclic) bond motifs is 1. The zero-order chi connectivity index (χ0) is 8.55. The standard InChI is InChI=1S/C6H5N5O/c7-5-4-6(9-2-8-5)11-3(1-12)10-4/h1-2H,(H3,7,8,9,10,11). The van der Waals surface area contributed by atoms with Gasteiger partial charge in [-0.25, -0.2) is 15.0 Å². The van der Waals surface area contributed by atoms with Crippen molar-refractivity contribution in [1.29, 1.82) is 0 Å². The van der Waals surface area contributed by atoms with Crippen LogP contribution >= 0.6 is 0 Å². The molecule has 12 heavy (non-hydrogen) atoms. The van der Waals surface area contributed by atoms with E-state index in [-0.39, 0.29) is 5.82 Å². The normalized spacial score (nSPS) is 10.3. The zero-order valence-electron chi connectivity index (χ0n) is 5.98. The van der Waals surface area contributed by atoms with Crippen molar-refractivity contribution in [3.63, 3.8) is 0 Å². The summed E-state index contributed by atoms with van der Waals surface area (Å²) in [7, 11) is 0. The summed E-state index contributed by atoms with van der Waals surface area (Å²) in [6.07, 6.45) is 1.90. The smallest absolute Gasteiger partial charge is 0.185 e. The number of hydrogen-bond donors (Lipinski definition) is 2. The number of nitrogens with zero attached hydrogens (tertiary/aromatic N) is 3. The maximum Gasteiger partial charge on any atom is 0.185 e. The molecule has 0 aliphatic carbocycles. The van der Waals surface area contributed by atoms with Gasteiger partial charge < -0.3 is 10.7 Å². The molecule has 0 fully saturated rings. The topological polar surface area (TPSA) is 97.5 Å². The number of nitrogen functional groups attached to an aromatic ring is 1. The Hall–Kier alpha value is -1.98. The lowest BCUT2D eigenvalue weighted by Gasteiger charge is -1.89. The van der Waals surface area contributed by atoms with Crippen molar-refractivity contribution in [2.45, 2.75) is 0 Å². The van der Waals surface area contributed by atoms with Crippen molar-refractivity contribution < 1.29 is 4.79 Å². The first kappa shape index (κ1) is 6.71. The molecule has 2 heterocycles. The second-order valence-corrected chi connectivity index (χ2v) is 2.20. The predicted molar refractivity (Wildman–Crippen MR) is 41.5 cm³/mol. The maximum absolute atomic E-state index is 10.3. The number of H-pyrrole nitrogens is 1. The Morgan fingerprint density at radius 3 is 3.00 bits per heavy atom. The second-order valence-electron chi connectivity index (χ2n) is 2.20. The summed E-state index contributed by atoms with van der Waals surface area (Å²) >= 11 is 0. The third-order valence-corrected chi connectivity index (χ3v) is 1.45. The van der Waals surface area contributed by atoms with Crippen molar-refractivity contribution in [1.82, 2.24) is 19.9 Å². The molecule has 0 aliphatic heterocycles. The molecule has 0 aromatic carbocycles. The monoisotopic (exact) mass is 163 g/mol. The Morgan fingerprint density at radius 1 is 1.50 bits per heavy atom. The Balaban J connectivity index is 2.82. The van der Waals surface area contributed by atoms with Crippen LogP contribution in [0.1, 0.15) is 10.6 Å². The highest BCUT2D eigenvalue weighted by Gasteiger charge is 2.05. The first-order chi connectivity index (χ1) is 5.81.